The Hall–Kier alpha value is -2.04. The predicted molar refractivity (Wildman–Crippen MR) is 96.6 cm³/mol. The molecule has 138 valence electrons. The molecule has 1 aliphatic carbocycles. The van der Waals surface area contributed by atoms with E-state index in [2.05, 4.69) is 5.32 Å². The highest BCUT2D eigenvalue weighted by atomic mass is 16.5. The Labute approximate surface area is 150 Å². The van der Waals surface area contributed by atoms with E-state index in [1.54, 1.807) is 0 Å². The number of aryl methyl sites for hydroxylation is 2. The first-order valence-electron chi connectivity index (χ1n) is 9.06. The smallest absolute Gasteiger partial charge is 0.331 e. The average molecular weight is 347 g/mol. The number of methoxy groups -OCH3 is 1. The predicted octanol–water partition coefficient (Wildman–Crippen LogP) is 3.45. The maximum Gasteiger partial charge on any atom is 0.331 e. The molecule has 0 spiro atoms. The molecule has 5 heteroatoms. The number of hydrogen-bond acceptors (Lipinski definition) is 4. The molecule has 0 saturated heterocycles. The summed E-state index contributed by atoms with van der Waals surface area (Å²) in [4.78, 5) is 24.7. The van der Waals surface area contributed by atoms with E-state index < -0.39 is 5.54 Å². The van der Waals surface area contributed by atoms with Crippen molar-refractivity contribution in [1.82, 2.24) is 5.32 Å². The number of ether oxygens (including phenoxy) is 2. The third-order valence-electron chi connectivity index (χ3n) is 4.84. The van der Waals surface area contributed by atoms with E-state index in [1.165, 1.54) is 7.11 Å². The van der Waals surface area contributed by atoms with Crippen molar-refractivity contribution < 1.29 is 19.1 Å². The summed E-state index contributed by atoms with van der Waals surface area (Å²) in [6.07, 6.45) is 5.52. The molecule has 1 aromatic carbocycles. The molecule has 1 N–H and O–H groups in total. The Morgan fingerprint density at radius 1 is 1.12 bits per heavy atom. The number of benzene rings is 1. The fourth-order valence-corrected chi connectivity index (χ4v) is 3.35. The van der Waals surface area contributed by atoms with Gasteiger partial charge < -0.3 is 14.8 Å². The van der Waals surface area contributed by atoms with Gasteiger partial charge in [-0.25, -0.2) is 4.79 Å². The van der Waals surface area contributed by atoms with Gasteiger partial charge in [0.1, 0.15) is 11.3 Å². The zero-order chi connectivity index (χ0) is 18.3. The van der Waals surface area contributed by atoms with E-state index in [0.717, 1.165) is 42.6 Å². The molecule has 0 unspecified atom stereocenters. The number of carbonyl (C=O) groups excluding carboxylic acids is 2. The van der Waals surface area contributed by atoms with E-state index in [9.17, 15) is 9.59 Å². The second-order valence-electron chi connectivity index (χ2n) is 6.90. The van der Waals surface area contributed by atoms with Crippen molar-refractivity contribution in [3.63, 3.8) is 0 Å². The minimum Gasteiger partial charge on any atom is -0.493 e. The van der Waals surface area contributed by atoms with Crippen LogP contribution in [0.4, 0.5) is 0 Å². The fourth-order valence-electron chi connectivity index (χ4n) is 3.35. The van der Waals surface area contributed by atoms with Crippen LogP contribution in [0.25, 0.3) is 0 Å². The van der Waals surface area contributed by atoms with Crippen LogP contribution < -0.4 is 10.1 Å². The molecule has 0 atom stereocenters. The van der Waals surface area contributed by atoms with Crippen LogP contribution in [-0.2, 0) is 14.3 Å². The van der Waals surface area contributed by atoms with Gasteiger partial charge in [0.2, 0.25) is 5.91 Å². The summed E-state index contributed by atoms with van der Waals surface area (Å²) >= 11 is 0. The van der Waals surface area contributed by atoms with E-state index in [0.29, 0.717) is 12.8 Å². The van der Waals surface area contributed by atoms with Gasteiger partial charge in [-0.1, -0.05) is 37.8 Å². The maximum absolute atomic E-state index is 12.4. The number of carbonyl (C=O) groups is 2. The minimum atomic E-state index is -0.873. The minimum absolute atomic E-state index is 0.169. The molecular weight excluding hydrogens is 318 g/mol. The van der Waals surface area contributed by atoms with E-state index >= 15 is 0 Å². The lowest BCUT2D eigenvalue weighted by Crippen LogP contribution is -2.55. The number of esters is 1. The zero-order valence-corrected chi connectivity index (χ0v) is 15.5. The summed E-state index contributed by atoms with van der Waals surface area (Å²) in [6, 6.07) is 6.00. The Kier molecular flexibility index (Phi) is 6.85. The van der Waals surface area contributed by atoms with Crippen molar-refractivity contribution in [2.45, 2.75) is 64.3 Å². The molecule has 0 radical (unpaired) electrons. The lowest BCUT2D eigenvalue weighted by Gasteiger charge is -2.30. The van der Waals surface area contributed by atoms with Crippen LogP contribution in [0.5, 0.6) is 5.75 Å². The van der Waals surface area contributed by atoms with E-state index in [4.69, 9.17) is 9.47 Å². The fraction of sp³-hybridized carbons (Fsp3) is 0.600. The first-order valence-corrected chi connectivity index (χ1v) is 9.06. The van der Waals surface area contributed by atoms with Crippen LogP contribution >= 0.6 is 0 Å². The lowest BCUT2D eigenvalue weighted by molar-refractivity contribution is -0.151. The third kappa shape index (κ3) is 5.21. The normalized spacial score (nSPS) is 16.6. The maximum atomic E-state index is 12.4. The highest BCUT2D eigenvalue weighted by Crippen LogP contribution is 2.28. The quantitative estimate of drug-likeness (QED) is 0.632. The summed E-state index contributed by atoms with van der Waals surface area (Å²) in [6.45, 7) is 4.27. The Bertz CT molecular complexity index is 604. The van der Waals surface area contributed by atoms with Gasteiger partial charge in [-0.15, -0.1) is 0 Å². The second-order valence-corrected chi connectivity index (χ2v) is 6.90. The summed E-state index contributed by atoms with van der Waals surface area (Å²) in [7, 11) is 1.38. The summed E-state index contributed by atoms with van der Waals surface area (Å²) < 4.78 is 10.7. The largest absolute Gasteiger partial charge is 0.493 e. The molecule has 0 bridgehead atoms. The van der Waals surface area contributed by atoms with Gasteiger partial charge in [-0.2, -0.15) is 0 Å². The Balaban J connectivity index is 1.92. The number of nitrogens with one attached hydrogen (secondary N) is 1. The molecule has 1 amide bonds. The third-order valence-corrected chi connectivity index (χ3v) is 4.84. The van der Waals surface area contributed by atoms with Gasteiger partial charge in [0.15, 0.2) is 0 Å². The zero-order valence-electron chi connectivity index (χ0n) is 15.5. The topological polar surface area (TPSA) is 64.6 Å². The van der Waals surface area contributed by atoms with Gasteiger partial charge in [0.05, 0.1) is 20.1 Å². The van der Waals surface area contributed by atoms with Crippen molar-refractivity contribution >= 4 is 11.9 Å². The molecular formula is C20H29NO4. The van der Waals surface area contributed by atoms with Crippen LogP contribution in [-0.4, -0.2) is 31.1 Å². The number of amides is 1. The molecule has 0 aliphatic heterocycles. The molecule has 1 aliphatic rings. The summed E-state index contributed by atoms with van der Waals surface area (Å²) in [5.74, 6) is 0.292. The van der Waals surface area contributed by atoms with Gasteiger partial charge in [0, 0.05) is 0 Å². The van der Waals surface area contributed by atoms with Crippen molar-refractivity contribution in [1.29, 1.82) is 0 Å². The van der Waals surface area contributed by atoms with Gasteiger partial charge in [-0.3, -0.25) is 4.79 Å². The van der Waals surface area contributed by atoms with Crippen LogP contribution in [0, 0.1) is 13.8 Å². The summed E-state index contributed by atoms with van der Waals surface area (Å²) in [5, 5.41) is 2.94. The molecule has 1 saturated carbocycles. The lowest BCUT2D eigenvalue weighted by atomic mass is 9.90. The van der Waals surface area contributed by atoms with Crippen molar-refractivity contribution in [2.75, 3.05) is 13.7 Å². The van der Waals surface area contributed by atoms with Crippen molar-refractivity contribution in [2.24, 2.45) is 0 Å². The molecule has 0 heterocycles. The highest BCUT2D eigenvalue weighted by molar-refractivity contribution is 5.88. The molecule has 1 fully saturated rings. The average Bonchev–Trinajstić information content (AvgIpc) is 2.83. The SMILES string of the molecule is COC(=O)C1(NC(=O)CCOc2cc(C)ccc2C)CCCCCC1. The van der Waals surface area contributed by atoms with Gasteiger partial charge in [-0.05, 0) is 43.9 Å². The molecule has 2 rings (SSSR count). The molecule has 5 nitrogen and oxygen atoms in total. The number of hydrogen-bond donors (Lipinski definition) is 1. The van der Waals surface area contributed by atoms with E-state index in [1.807, 2.05) is 32.0 Å². The van der Waals surface area contributed by atoms with Crippen molar-refractivity contribution in [3.05, 3.63) is 29.3 Å². The Morgan fingerprint density at radius 3 is 2.44 bits per heavy atom. The molecule has 25 heavy (non-hydrogen) atoms. The van der Waals surface area contributed by atoms with Crippen LogP contribution in [0.1, 0.15) is 56.1 Å². The summed E-state index contributed by atoms with van der Waals surface area (Å²) in [5.41, 5.74) is 1.29. The first kappa shape index (κ1) is 19.3. The van der Waals surface area contributed by atoms with Gasteiger partial charge >= 0.3 is 5.97 Å². The van der Waals surface area contributed by atoms with E-state index in [-0.39, 0.29) is 24.9 Å². The monoisotopic (exact) mass is 347 g/mol. The van der Waals surface area contributed by atoms with Crippen LogP contribution in [0.2, 0.25) is 0 Å². The first-order chi connectivity index (χ1) is 12.0. The highest BCUT2D eigenvalue weighted by Gasteiger charge is 2.40. The Morgan fingerprint density at radius 2 is 1.80 bits per heavy atom. The standard InChI is InChI=1S/C20H29NO4/c1-15-8-9-16(2)17(14-15)25-13-10-18(22)21-20(19(23)24-3)11-6-4-5-7-12-20/h8-9,14H,4-7,10-13H2,1-3H3,(H,21,22). The number of rotatable bonds is 6. The van der Waals surface area contributed by atoms with Crippen LogP contribution in [0.3, 0.4) is 0 Å². The molecule has 0 aromatic heterocycles. The van der Waals surface area contributed by atoms with Gasteiger partial charge in [0.25, 0.3) is 0 Å². The second kappa shape index (κ2) is 8.88. The molecule has 1 aromatic rings. The van der Waals surface area contributed by atoms with Crippen molar-refractivity contribution in [3.8, 4) is 5.75 Å². The van der Waals surface area contributed by atoms with Crippen LogP contribution in [0.15, 0.2) is 18.2 Å².